The van der Waals surface area contributed by atoms with Crippen LogP contribution < -0.4 is 5.32 Å². The number of carbonyl (C=O) groups is 2. The van der Waals surface area contributed by atoms with Crippen LogP contribution in [0.4, 0.5) is 5.69 Å². The minimum Gasteiger partial charge on any atom is -0.358 e. The number of benzene rings is 1. The van der Waals surface area contributed by atoms with Crippen LogP contribution in [-0.2, 0) is 24.2 Å². The first-order valence-electron chi connectivity index (χ1n) is 14.3. The number of nitrogens with one attached hydrogen (secondary N) is 1. The molecule has 1 aliphatic carbocycles. The van der Waals surface area contributed by atoms with E-state index < -0.39 is 0 Å². The SMILES string of the molecule is Cc1ccsc1C[C@H](C)N=C1C=CCC(=O)C1=C1Cc2cc3c(cc2N1)CN(CC(C)CN1CCCC1)C3=O. The number of thiophene rings is 1. The minimum atomic E-state index is 0.0764. The topological polar surface area (TPSA) is 65.0 Å². The number of nitrogens with zero attached hydrogens (tertiary/aromatic N) is 3. The molecule has 0 radical (unpaired) electrons. The smallest absolute Gasteiger partial charge is 0.254 e. The molecular weight excluding hydrogens is 504 g/mol. The molecule has 204 valence electrons. The number of fused-ring (bicyclic) bond motifs is 2. The van der Waals surface area contributed by atoms with Gasteiger partial charge in [-0.2, -0.15) is 0 Å². The maximum atomic E-state index is 13.3. The first kappa shape index (κ1) is 26.2. The summed E-state index contributed by atoms with van der Waals surface area (Å²) in [4.78, 5) is 37.3. The molecule has 1 unspecified atom stereocenters. The molecule has 1 aromatic carbocycles. The molecule has 39 heavy (non-hydrogen) atoms. The van der Waals surface area contributed by atoms with Crippen LogP contribution in [0.5, 0.6) is 0 Å². The Morgan fingerprint density at radius 1 is 1.10 bits per heavy atom. The highest BCUT2D eigenvalue weighted by Crippen LogP contribution is 2.37. The third kappa shape index (κ3) is 5.39. The van der Waals surface area contributed by atoms with Crippen LogP contribution in [0.3, 0.4) is 0 Å². The van der Waals surface area contributed by atoms with Gasteiger partial charge in [0.05, 0.1) is 17.3 Å². The van der Waals surface area contributed by atoms with E-state index >= 15 is 0 Å². The Hall–Kier alpha value is -3.03. The molecule has 6 rings (SSSR count). The number of rotatable bonds is 7. The summed E-state index contributed by atoms with van der Waals surface area (Å²) >= 11 is 1.77. The summed E-state index contributed by atoms with van der Waals surface area (Å²) in [7, 11) is 0. The van der Waals surface area contributed by atoms with Crippen LogP contribution in [0.1, 0.15) is 65.0 Å². The van der Waals surface area contributed by atoms with E-state index in [9.17, 15) is 9.59 Å². The summed E-state index contributed by atoms with van der Waals surface area (Å²) in [5, 5.41) is 5.67. The number of hydrogen-bond donors (Lipinski definition) is 1. The molecule has 1 aromatic heterocycles. The van der Waals surface area contributed by atoms with Crippen LogP contribution in [0, 0.1) is 12.8 Å². The Labute approximate surface area is 235 Å². The van der Waals surface area contributed by atoms with Crippen molar-refractivity contribution >= 4 is 34.4 Å². The van der Waals surface area contributed by atoms with E-state index in [2.05, 4.69) is 54.6 Å². The first-order valence-corrected chi connectivity index (χ1v) is 15.2. The van der Waals surface area contributed by atoms with E-state index in [0.29, 0.717) is 30.9 Å². The summed E-state index contributed by atoms with van der Waals surface area (Å²) in [6.07, 6.45) is 8.38. The fraction of sp³-hybridized carbons (Fsp3) is 0.469. The van der Waals surface area contributed by atoms with Gasteiger partial charge in [-0.3, -0.25) is 14.6 Å². The maximum absolute atomic E-state index is 13.3. The Kier molecular flexibility index (Phi) is 7.29. The molecule has 2 atom stereocenters. The predicted octanol–water partition coefficient (Wildman–Crippen LogP) is 5.57. The van der Waals surface area contributed by atoms with Crippen molar-refractivity contribution in [2.45, 2.75) is 65.5 Å². The average Bonchev–Trinajstić information content (AvgIpc) is 3.68. The largest absolute Gasteiger partial charge is 0.358 e. The molecule has 1 saturated heterocycles. The molecule has 3 aliphatic heterocycles. The van der Waals surface area contributed by atoms with Gasteiger partial charge in [-0.05, 0) is 92.0 Å². The third-order valence-corrected chi connectivity index (χ3v) is 9.43. The van der Waals surface area contributed by atoms with E-state index in [1.165, 1.54) is 36.4 Å². The van der Waals surface area contributed by atoms with Gasteiger partial charge in [0.1, 0.15) is 0 Å². The van der Waals surface area contributed by atoms with E-state index in [4.69, 9.17) is 4.99 Å². The van der Waals surface area contributed by atoms with Crippen LogP contribution in [-0.4, -0.2) is 59.4 Å². The molecule has 4 heterocycles. The molecule has 1 fully saturated rings. The highest BCUT2D eigenvalue weighted by Gasteiger charge is 2.33. The summed E-state index contributed by atoms with van der Waals surface area (Å²) in [5.74, 6) is 0.698. The average molecular weight is 543 g/mol. The molecule has 1 amide bonds. The van der Waals surface area contributed by atoms with Gasteiger partial charge < -0.3 is 15.1 Å². The molecule has 1 N–H and O–H groups in total. The zero-order valence-corrected chi connectivity index (χ0v) is 24.1. The van der Waals surface area contributed by atoms with Gasteiger partial charge in [-0.15, -0.1) is 11.3 Å². The second-order valence-electron chi connectivity index (χ2n) is 11.7. The lowest BCUT2D eigenvalue weighted by Crippen LogP contribution is -2.34. The van der Waals surface area contributed by atoms with Gasteiger partial charge >= 0.3 is 0 Å². The number of amides is 1. The number of likely N-dealkylation sites (tertiary alicyclic amines) is 1. The minimum absolute atomic E-state index is 0.0764. The molecule has 0 spiro atoms. The lowest BCUT2D eigenvalue weighted by molar-refractivity contribution is -0.114. The summed E-state index contributed by atoms with van der Waals surface area (Å²) in [6, 6.07) is 6.41. The van der Waals surface area contributed by atoms with Crippen LogP contribution >= 0.6 is 11.3 Å². The van der Waals surface area contributed by atoms with E-state index in [0.717, 1.165) is 53.3 Å². The number of allylic oxidation sites excluding steroid dienone is 4. The molecular formula is C32H38N4O2S. The van der Waals surface area contributed by atoms with Gasteiger partial charge in [0.2, 0.25) is 0 Å². The maximum Gasteiger partial charge on any atom is 0.254 e. The highest BCUT2D eigenvalue weighted by atomic mass is 32.1. The number of hydrogen-bond acceptors (Lipinski definition) is 6. The number of carbonyl (C=O) groups excluding carboxylic acids is 2. The summed E-state index contributed by atoms with van der Waals surface area (Å²) < 4.78 is 0. The van der Waals surface area contributed by atoms with Crippen molar-refractivity contribution in [1.82, 2.24) is 9.80 Å². The monoisotopic (exact) mass is 542 g/mol. The first-order chi connectivity index (χ1) is 18.9. The molecule has 4 aliphatic rings. The second kappa shape index (κ2) is 10.9. The molecule has 0 saturated carbocycles. The van der Waals surface area contributed by atoms with E-state index in [1.54, 1.807) is 11.3 Å². The number of aliphatic imine (C=N–C) groups is 1. The Morgan fingerprint density at radius 2 is 1.92 bits per heavy atom. The van der Waals surface area contributed by atoms with Gasteiger partial charge in [0.15, 0.2) is 5.78 Å². The van der Waals surface area contributed by atoms with Crippen molar-refractivity contribution in [3.05, 3.63) is 74.1 Å². The van der Waals surface area contributed by atoms with Gasteiger partial charge in [0.25, 0.3) is 5.91 Å². The number of Topliss-reactive ketones (excluding diaryl/α,β-unsaturated/α-hetero) is 1. The van der Waals surface area contributed by atoms with Crippen LogP contribution in [0.2, 0.25) is 0 Å². The van der Waals surface area contributed by atoms with Crippen molar-refractivity contribution in [3.8, 4) is 0 Å². The summed E-state index contributed by atoms with van der Waals surface area (Å²) in [6.45, 7) is 11.4. The predicted molar refractivity (Wildman–Crippen MR) is 159 cm³/mol. The zero-order valence-electron chi connectivity index (χ0n) is 23.3. The molecule has 6 nitrogen and oxygen atoms in total. The van der Waals surface area contributed by atoms with E-state index in [-0.39, 0.29) is 17.7 Å². The zero-order chi connectivity index (χ0) is 27.1. The third-order valence-electron chi connectivity index (χ3n) is 8.39. The fourth-order valence-electron chi connectivity index (χ4n) is 6.47. The quantitative estimate of drug-likeness (QED) is 0.465. The van der Waals surface area contributed by atoms with Crippen molar-refractivity contribution < 1.29 is 9.59 Å². The van der Waals surface area contributed by atoms with Crippen molar-refractivity contribution in [2.24, 2.45) is 10.9 Å². The Morgan fingerprint density at radius 3 is 2.69 bits per heavy atom. The van der Waals surface area contributed by atoms with Gasteiger partial charge in [0, 0.05) is 60.7 Å². The van der Waals surface area contributed by atoms with Crippen LogP contribution in [0.15, 0.2) is 52.0 Å². The molecule has 0 bridgehead atoms. The Balaban J connectivity index is 1.19. The van der Waals surface area contributed by atoms with Crippen molar-refractivity contribution in [1.29, 1.82) is 0 Å². The lowest BCUT2D eigenvalue weighted by Gasteiger charge is -2.24. The van der Waals surface area contributed by atoms with Gasteiger partial charge in [-0.25, -0.2) is 0 Å². The fourth-order valence-corrected chi connectivity index (χ4v) is 7.49. The van der Waals surface area contributed by atoms with E-state index in [1.807, 2.05) is 17.1 Å². The Bertz CT molecular complexity index is 1390. The van der Waals surface area contributed by atoms with Crippen molar-refractivity contribution in [2.75, 3.05) is 31.5 Å². The highest BCUT2D eigenvalue weighted by molar-refractivity contribution is 7.10. The summed E-state index contributed by atoms with van der Waals surface area (Å²) in [5.41, 5.74) is 7.67. The number of ketones is 1. The normalized spacial score (nSPS) is 23.5. The van der Waals surface area contributed by atoms with Crippen molar-refractivity contribution in [3.63, 3.8) is 0 Å². The van der Waals surface area contributed by atoms with Crippen LogP contribution in [0.25, 0.3) is 0 Å². The number of aryl methyl sites for hydroxylation is 1. The van der Waals surface area contributed by atoms with Gasteiger partial charge in [-0.1, -0.05) is 13.0 Å². The second-order valence-corrected chi connectivity index (χ2v) is 12.7. The molecule has 2 aromatic rings. The lowest BCUT2D eigenvalue weighted by atomic mass is 9.93. The number of anilines is 1. The molecule has 7 heteroatoms. The standard InChI is InChI=1S/C32H38N4O2S/c1-20(17-35-10-4-5-11-35)18-36-19-24-16-27-23(14-25(24)32(36)38)15-28(34-27)31-26(7-6-8-29(31)37)33-22(3)13-30-21(2)9-12-39-30/h6-7,9,12,14,16,20,22,34H,4-5,8,10-11,13,15,17-19H2,1-3H3/t20?,22-/m0/s1.